The molecule has 1 aromatic rings. The fraction of sp³-hybridized carbons (Fsp3) is 0.733. The van der Waals surface area contributed by atoms with E-state index in [9.17, 15) is 0 Å². The van der Waals surface area contributed by atoms with Crippen molar-refractivity contribution >= 4 is 41.3 Å². The average molecular weight is 424 g/mol. The molecule has 122 valence electrons. The predicted molar refractivity (Wildman–Crippen MR) is 104 cm³/mol. The molecular weight excluding hydrogens is 395 g/mol. The van der Waals surface area contributed by atoms with Gasteiger partial charge in [-0.2, -0.15) is 0 Å². The van der Waals surface area contributed by atoms with Gasteiger partial charge in [-0.15, -0.1) is 35.3 Å². The Morgan fingerprint density at radius 1 is 1.33 bits per heavy atom. The number of aryl methyl sites for hydroxylation is 2. The van der Waals surface area contributed by atoms with Gasteiger partial charge >= 0.3 is 0 Å². The van der Waals surface area contributed by atoms with Crippen molar-refractivity contribution in [2.45, 2.75) is 66.0 Å². The summed E-state index contributed by atoms with van der Waals surface area (Å²) in [5.41, 5.74) is 1.13. The van der Waals surface area contributed by atoms with Crippen molar-refractivity contribution in [2.75, 3.05) is 7.05 Å². The van der Waals surface area contributed by atoms with Crippen molar-refractivity contribution < 1.29 is 0 Å². The number of aliphatic imine (C=N–C) groups is 1. The molecule has 1 unspecified atom stereocenters. The Morgan fingerprint density at radius 2 is 2.05 bits per heavy atom. The third-order valence-electron chi connectivity index (χ3n) is 3.33. The maximum Gasteiger partial charge on any atom is 0.191 e. The Hall–Kier alpha value is -0.370. The molecular formula is C15H29IN4S. The summed E-state index contributed by atoms with van der Waals surface area (Å²) in [4.78, 5) is 10.1. The fourth-order valence-electron chi connectivity index (χ4n) is 1.97. The van der Waals surface area contributed by atoms with E-state index in [4.69, 9.17) is 0 Å². The summed E-state index contributed by atoms with van der Waals surface area (Å²) in [5.74, 6) is 0.861. The first-order valence-corrected chi connectivity index (χ1v) is 8.28. The minimum atomic E-state index is 0. The van der Waals surface area contributed by atoms with Crippen LogP contribution in [0.5, 0.6) is 0 Å². The van der Waals surface area contributed by atoms with Crippen LogP contribution in [0.1, 0.15) is 55.1 Å². The summed E-state index contributed by atoms with van der Waals surface area (Å²) in [6.07, 6.45) is 5.02. The number of hydrogen-bond donors (Lipinski definition) is 2. The molecule has 0 aliphatic rings. The molecule has 21 heavy (non-hydrogen) atoms. The molecule has 0 radical (unpaired) electrons. The molecule has 1 rings (SSSR count). The van der Waals surface area contributed by atoms with Gasteiger partial charge in [0.1, 0.15) is 5.01 Å². The van der Waals surface area contributed by atoms with E-state index in [-0.39, 0.29) is 24.0 Å². The summed E-state index contributed by atoms with van der Waals surface area (Å²) in [6, 6.07) is 0.451. The topological polar surface area (TPSA) is 49.3 Å². The molecule has 0 aliphatic carbocycles. The Morgan fingerprint density at radius 3 is 2.57 bits per heavy atom. The third-order valence-corrected chi connectivity index (χ3v) is 4.40. The fourth-order valence-corrected chi connectivity index (χ4v) is 2.85. The van der Waals surface area contributed by atoms with Gasteiger partial charge in [-0.3, -0.25) is 4.99 Å². The quantitative estimate of drug-likeness (QED) is 0.301. The van der Waals surface area contributed by atoms with Gasteiger partial charge < -0.3 is 10.6 Å². The maximum absolute atomic E-state index is 4.53. The van der Waals surface area contributed by atoms with Gasteiger partial charge in [0.15, 0.2) is 5.96 Å². The van der Waals surface area contributed by atoms with Crippen LogP contribution >= 0.6 is 35.3 Å². The summed E-state index contributed by atoms with van der Waals surface area (Å²) >= 11 is 1.75. The zero-order valence-corrected chi connectivity index (χ0v) is 17.0. The Balaban J connectivity index is 0.00000400. The van der Waals surface area contributed by atoms with Crippen LogP contribution < -0.4 is 10.6 Å². The summed E-state index contributed by atoms with van der Waals surface area (Å²) < 4.78 is 0. The van der Waals surface area contributed by atoms with E-state index in [2.05, 4.69) is 48.3 Å². The second-order valence-corrected chi connectivity index (χ2v) is 6.50. The number of rotatable bonds is 7. The van der Waals surface area contributed by atoms with Crippen molar-refractivity contribution in [3.05, 3.63) is 15.6 Å². The highest BCUT2D eigenvalue weighted by Crippen LogP contribution is 2.15. The van der Waals surface area contributed by atoms with Gasteiger partial charge in [0.2, 0.25) is 0 Å². The summed E-state index contributed by atoms with van der Waals surface area (Å²) in [5, 5.41) is 7.88. The lowest BCUT2D eigenvalue weighted by Gasteiger charge is -2.17. The molecule has 0 bridgehead atoms. The average Bonchev–Trinajstić information content (AvgIpc) is 2.74. The molecule has 1 atom stereocenters. The molecule has 2 N–H and O–H groups in total. The van der Waals surface area contributed by atoms with Gasteiger partial charge in [-0.1, -0.05) is 26.2 Å². The van der Waals surface area contributed by atoms with Crippen LogP contribution in [-0.2, 0) is 6.54 Å². The molecule has 0 saturated carbocycles. The van der Waals surface area contributed by atoms with E-state index >= 15 is 0 Å². The van der Waals surface area contributed by atoms with Crippen molar-refractivity contribution in [2.24, 2.45) is 4.99 Å². The standard InChI is InChI=1S/C15H28N4S.HI/c1-6-7-8-9-11(2)18-15(16-5)17-10-14-19-12(3)13(4)20-14;/h11H,6-10H2,1-5H3,(H2,16,17,18);1H. The molecule has 0 aromatic carbocycles. The molecule has 4 nitrogen and oxygen atoms in total. The van der Waals surface area contributed by atoms with E-state index < -0.39 is 0 Å². The van der Waals surface area contributed by atoms with E-state index in [1.165, 1.54) is 30.6 Å². The van der Waals surface area contributed by atoms with Crippen LogP contribution in [0.2, 0.25) is 0 Å². The molecule has 0 saturated heterocycles. The number of nitrogens with zero attached hydrogens (tertiary/aromatic N) is 2. The highest BCUT2D eigenvalue weighted by Gasteiger charge is 2.07. The predicted octanol–water partition coefficient (Wildman–Crippen LogP) is 4.01. The number of halogens is 1. The second-order valence-electron chi connectivity index (χ2n) is 5.22. The van der Waals surface area contributed by atoms with E-state index in [0.717, 1.165) is 23.2 Å². The van der Waals surface area contributed by atoms with Gasteiger partial charge in [0.05, 0.1) is 12.2 Å². The first kappa shape index (κ1) is 20.6. The summed E-state index contributed by atoms with van der Waals surface area (Å²) in [7, 11) is 1.81. The number of unbranched alkanes of at least 4 members (excludes halogenated alkanes) is 2. The monoisotopic (exact) mass is 424 g/mol. The first-order chi connectivity index (χ1) is 9.56. The van der Waals surface area contributed by atoms with Crippen LogP contribution in [0.25, 0.3) is 0 Å². The lowest BCUT2D eigenvalue weighted by molar-refractivity contribution is 0.546. The molecule has 6 heteroatoms. The Kier molecular flexibility index (Phi) is 11.0. The zero-order valence-electron chi connectivity index (χ0n) is 13.8. The Bertz CT molecular complexity index is 412. The van der Waals surface area contributed by atoms with E-state index in [0.29, 0.717) is 6.04 Å². The summed E-state index contributed by atoms with van der Waals surface area (Å²) in [6.45, 7) is 9.34. The molecule has 0 aliphatic heterocycles. The van der Waals surface area contributed by atoms with Crippen molar-refractivity contribution in [1.82, 2.24) is 15.6 Å². The van der Waals surface area contributed by atoms with Gasteiger partial charge in [0, 0.05) is 18.0 Å². The molecule has 1 heterocycles. The maximum atomic E-state index is 4.53. The van der Waals surface area contributed by atoms with Crippen LogP contribution in [0.15, 0.2) is 4.99 Å². The van der Waals surface area contributed by atoms with Gasteiger partial charge in [0.25, 0.3) is 0 Å². The number of aromatic nitrogens is 1. The van der Waals surface area contributed by atoms with Gasteiger partial charge in [-0.05, 0) is 27.2 Å². The minimum absolute atomic E-state index is 0. The smallest absolute Gasteiger partial charge is 0.191 e. The lowest BCUT2D eigenvalue weighted by Crippen LogP contribution is -2.41. The number of thiazole rings is 1. The lowest BCUT2D eigenvalue weighted by atomic mass is 10.1. The second kappa shape index (κ2) is 11.2. The third kappa shape index (κ3) is 7.99. The normalized spacial score (nSPS) is 12.7. The van der Waals surface area contributed by atoms with E-state index in [1.54, 1.807) is 11.3 Å². The zero-order chi connectivity index (χ0) is 15.0. The van der Waals surface area contributed by atoms with Gasteiger partial charge in [-0.25, -0.2) is 4.98 Å². The largest absolute Gasteiger partial charge is 0.354 e. The van der Waals surface area contributed by atoms with E-state index in [1.807, 2.05) is 7.05 Å². The van der Waals surface area contributed by atoms with Crippen molar-refractivity contribution in [3.63, 3.8) is 0 Å². The van der Waals surface area contributed by atoms with Crippen LogP contribution in [0.3, 0.4) is 0 Å². The number of nitrogens with one attached hydrogen (secondary N) is 2. The first-order valence-electron chi connectivity index (χ1n) is 7.46. The molecule has 1 aromatic heterocycles. The van der Waals surface area contributed by atoms with Crippen LogP contribution in [0.4, 0.5) is 0 Å². The highest BCUT2D eigenvalue weighted by atomic mass is 127. The SMILES string of the molecule is CCCCCC(C)NC(=NC)NCc1nc(C)c(C)s1.I. The highest BCUT2D eigenvalue weighted by molar-refractivity contribution is 14.0. The molecule has 0 fully saturated rings. The van der Waals surface area contributed by atoms with Crippen molar-refractivity contribution in [3.8, 4) is 0 Å². The van der Waals surface area contributed by atoms with Crippen molar-refractivity contribution in [1.29, 1.82) is 0 Å². The minimum Gasteiger partial charge on any atom is -0.354 e. The van der Waals surface area contributed by atoms with Crippen LogP contribution in [-0.4, -0.2) is 24.0 Å². The van der Waals surface area contributed by atoms with Crippen LogP contribution in [0, 0.1) is 13.8 Å². The molecule has 0 amide bonds. The Labute approximate surface area is 150 Å². The number of guanidine groups is 1. The number of hydrogen-bond acceptors (Lipinski definition) is 3. The molecule has 0 spiro atoms.